The van der Waals surface area contributed by atoms with Crippen LogP contribution in [0.1, 0.15) is 37.7 Å². The van der Waals surface area contributed by atoms with E-state index in [-0.39, 0.29) is 29.8 Å². The molecule has 1 heterocycles. The number of benzene rings is 1. The number of guanidine groups is 1. The van der Waals surface area contributed by atoms with Crippen molar-refractivity contribution in [2.75, 3.05) is 39.8 Å². The molecule has 0 radical (unpaired) electrons. The first-order valence-electron chi connectivity index (χ1n) is 9.19. The molecule has 0 aliphatic carbocycles. The van der Waals surface area contributed by atoms with E-state index in [2.05, 4.69) is 20.5 Å². The van der Waals surface area contributed by atoms with Gasteiger partial charge in [0.25, 0.3) is 0 Å². The number of rotatable bonds is 7. The zero-order valence-corrected chi connectivity index (χ0v) is 17.6. The Morgan fingerprint density at radius 1 is 1.12 bits per heavy atom. The lowest BCUT2D eigenvalue weighted by molar-refractivity contribution is 0.282. The molecule has 0 aromatic heterocycles. The molecule has 1 fully saturated rings. The fraction of sp³-hybridized carbons (Fsp3) is 0.632. The molecule has 0 saturated carbocycles. The average molecular weight is 462 g/mol. The molecule has 0 unspecified atom stereocenters. The van der Waals surface area contributed by atoms with Crippen LogP contribution in [-0.2, 0) is 6.42 Å². The van der Waals surface area contributed by atoms with Crippen LogP contribution in [0.4, 0.5) is 4.39 Å². The van der Waals surface area contributed by atoms with E-state index in [0.29, 0.717) is 0 Å². The monoisotopic (exact) mass is 462 g/mol. The third kappa shape index (κ3) is 9.39. The molecule has 25 heavy (non-hydrogen) atoms. The van der Waals surface area contributed by atoms with E-state index < -0.39 is 0 Å². The first-order chi connectivity index (χ1) is 11.8. The quantitative estimate of drug-likeness (QED) is 0.283. The maximum atomic E-state index is 13.1. The molecule has 1 aromatic carbocycles. The van der Waals surface area contributed by atoms with Gasteiger partial charge in [-0.3, -0.25) is 4.99 Å². The van der Waals surface area contributed by atoms with Crippen molar-refractivity contribution in [3.8, 4) is 0 Å². The Hall–Kier alpha value is -0.890. The van der Waals surface area contributed by atoms with Gasteiger partial charge in [-0.1, -0.05) is 25.0 Å². The van der Waals surface area contributed by atoms with Crippen LogP contribution in [-0.4, -0.2) is 50.6 Å². The van der Waals surface area contributed by atoms with Crippen molar-refractivity contribution >= 4 is 29.9 Å². The van der Waals surface area contributed by atoms with Crippen molar-refractivity contribution in [1.29, 1.82) is 0 Å². The summed E-state index contributed by atoms with van der Waals surface area (Å²) in [5, 5.41) is 6.65. The van der Waals surface area contributed by atoms with Crippen molar-refractivity contribution in [3.63, 3.8) is 0 Å². The number of halogens is 2. The van der Waals surface area contributed by atoms with Crippen molar-refractivity contribution in [1.82, 2.24) is 15.5 Å². The van der Waals surface area contributed by atoms with Crippen LogP contribution in [0.5, 0.6) is 0 Å². The second-order valence-corrected chi connectivity index (χ2v) is 6.42. The van der Waals surface area contributed by atoms with Gasteiger partial charge in [-0.2, -0.15) is 0 Å². The predicted molar refractivity (Wildman–Crippen MR) is 114 cm³/mol. The highest BCUT2D eigenvalue weighted by Crippen LogP contribution is 2.09. The maximum Gasteiger partial charge on any atom is 0.190 e. The summed E-state index contributed by atoms with van der Waals surface area (Å²) in [6, 6.07) is 6.75. The Balaban J connectivity index is 0.00000312. The highest BCUT2D eigenvalue weighted by molar-refractivity contribution is 14.0. The van der Waals surface area contributed by atoms with Gasteiger partial charge in [-0.25, -0.2) is 4.39 Å². The van der Waals surface area contributed by atoms with E-state index >= 15 is 0 Å². The van der Waals surface area contributed by atoms with Gasteiger partial charge in [-0.05, 0) is 63.0 Å². The molecule has 1 aliphatic heterocycles. The molecule has 1 aliphatic rings. The number of aliphatic imine (C=N–C) groups is 1. The SMILES string of the molecule is CN=C(NCCCN1CCCCCC1)NCCc1cccc(F)c1.I. The highest BCUT2D eigenvalue weighted by Gasteiger charge is 2.08. The molecule has 4 nitrogen and oxygen atoms in total. The van der Waals surface area contributed by atoms with E-state index in [1.165, 1.54) is 44.8 Å². The lowest BCUT2D eigenvalue weighted by atomic mass is 10.1. The summed E-state index contributed by atoms with van der Waals surface area (Å²) in [6.07, 6.45) is 7.37. The largest absolute Gasteiger partial charge is 0.356 e. The van der Waals surface area contributed by atoms with Crippen molar-refractivity contribution in [2.45, 2.75) is 38.5 Å². The van der Waals surface area contributed by atoms with Gasteiger partial charge in [0.15, 0.2) is 5.96 Å². The summed E-state index contributed by atoms with van der Waals surface area (Å²) in [7, 11) is 1.78. The van der Waals surface area contributed by atoms with Gasteiger partial charge in [0.2, 0.25) is 0 Å². The average Bonchev–Trinajstić information content (AvgIpc) is 2.86. The smallest absolute Gasteiger partial charge is 0.190 e. The van der Waals surface area contributed by atoms with Gasteiger partial charge in [-0.15, -0.1) is 24.0 Å². The van der Waals surface area contributed by atoms with Crippen LogP contribution < -0.4 is 10.6 Å². The fourth-order valence-electron chi connectivity index (χ4n) is 3.11. The van der Waals surface area contributed by atoms with Crippen molar-refractivity contribution < 1.29 is 4.39 Å². The van der Waals surface area contributed by atoms with E-state index in [1.54, 1.807) is 19.2 Å². The Bertz CT molecular complexity index is 502. The van der Waals surface area contributed by atoms with Crippen molar-refractivity contribution in [3.05, 3.63) is 35.6 Å². The van der Waals surface area contributed by atoms with E-state index in [0.717, 1.165) is 44.0 Å². The normalized spacial score (nSPS) is 16.0. The first kappa shape index (κ1) is 22.2. The minimum atomic E-state index is -0.177. The summed E-state index contributed by atoms with van der Waals surface area (Å²) in [6.45, 7) is 5.33. The summed E-state index contributed by atoms with van der Waals surface area (Å²) in [5.74, 6) is 0.644. The minimum Gasteiger partial charge on any atom is -0.356 e. The second kappa shape index (κ2) is 13.3. The van der Waals surface area contributed by atoms with Crippen LogP contribution in [0.2, 0.25) is 0 Å². The molecule has 6 heteroatoms. The van der Waals surface area contributed by atoms with Crippen molar-refractivity contribution in [2.24, 2.45) is 4.99 Å². The Morgan fingerprint density at radius 3 is 2.52 bits per heavy atom. The number of hydrogen-bond acceptors (Lipinski definition) is 2. The number of likely N-dealkylation sites (tertiary alicyclic amines) is 1. The molecule has 0 atom stereocenters. The molecule has 1 aromatic rings. The molecule has 2 rings (SSSR count). The molecule has 142 valence electrons. The zero-order chi connectivity index (χ0) is 17.0. The van der Waals surface area contributed by atoms with Gasteiger partial charge < -0.3 is 15.5 Å². The highest BCUT2D eigenvalue weighted by atomic mass is 127. The van der Waals surface area contributed by atoms with Gasteiger partial charge in [0, 0.05) is 20.1 Å². The van der Waals surface area contributed by atoms with Gasteiger partial charge >= 0.3 is 0 Å². The molecular formula is C19H32FIN4. The third-order valence-electron chi connectivity index (χ3n) is 4.46. The lowest BCUT2D eigenvalue weighted by Gasteiger charge is -2.20. The molecule has 0 bridgehead atoms. The lowest BCUT2D eigenvalue weighted by Crippen LogP contribution is -2.39. The Morgan fingerprint density at radius 2 is 1.84 bits per heavy atom. The van der Waals surface area contributed by atoms with Crippen LogP contribution >= 0.6 is 24.0 Å². The summed E-state index contributed by atoms with van der Waals surface area (Å²) in [4.78, 5) is 6.82. The standard InChI is InChI=1S/C19H31FN4.HI/c1-21-19(23-12-10-17-8-6-9-18(20)16-17)22-11-7-15-24-13-4-2-3-5-14-24;/h6,8-9,16H,2-5,7,10-15H2,1H3,(H2,21,22,23);1H. The maximum absolute atomic E-state index is 13.1. The van der Waals surface area contributed by atoms with Crippen LogP contribution in [0, 0.1) is 5.82 Å². The fourth-order valence-corrected chi connectivity index (χ4v) is 3.11. The number of nitrogens with one attached hydrogen (secondary N) is 2. The van der Waals surface area contributed by atoms with E-state index in [4.69, 9.17) is 0 Å². The Kier molecular flexibility index (Phi) is 11.8. The van der Waals surface area contributed by atoms with Crippen LogP contribution in [0.3, 0.4) is 0 Å². The zero-order valence-electron chi connectivity index (χ0n) is 15.3. The summed E-state index contributed by atoms with van der Waals surface area (Å²) in [5.41, 5.74) is 0.999. The molecular weight excluding hydrogens is 430 g/mol. The summed E-state index contributed by atoms with van der Waals surface area (Å²) >= 11 is 0. The van der Waals surface area contributed by atoms with Gasteiger partial charge in [0.05, 0.1) is 0 Å². The molecule has 0 spiro atoms. The van der Waals surface area contributed by atoms with Crippen LogP contribution in [0.15, 0.2) is 29.3 Å². The van der Waals surface area contributed by atoms with Gasteiger partial charge in [0.1, 0.15) is 5.82 Å². The van der Waals surface area contributed by atoms with Crippen LogP contribution in [0.25, 0.3) is 0 Å². The van der Waals surface area contributed by atoms with E-state index in [9.17, 15) is 4.39 Å². The molecule has 0 amide bonds. The van der Waals surface area contributed by atoms with E-state index in [1.807, 2.05) is 6.07 Å². The second-order valence-electron chi connectivity index (χ2n) is 6.42. The predicted octanol–water partition coefficient (Wildman–Crippen LogP) is 3.42. The molecule has 2 N–H and O–H groups in total. The number of hydrogen-bond donors (Lipinski definition) is 2. The first-order valence-corrected chi connectivity index (χ1v) is 9.19. The molecule has 1 saturated heterocycles. The summed E-state index contributed by atoms with van der Waals surface area (Å²) < 4.78 is 13.1. The Labute approximate surface area is 168 Å². The minimum absolute atomic E-state index is 0. The third-order valence-corrected chi connectivity index (χ3v) is 4.46. The topological polar surface area (TPSA) is 39.7 Å². The number of nitrogens with zero attached hydrogens (tertiary/aromatic N) is 2.